The van der Waals surface area contributed by atoms with Crippen LogP contribution in [0.15, 0.2) is 54.7 Å². The van der Waals surface area contributed by atoms with Gasteiger partial charge in [-0.3, -0.25) is 0 Å². The molecule has 1 heterocycles. The van der Waals surface area contributed by atoms with Gasteiger partial charge in [-0.05, 0) is 36.6 Å². The maximum atomic E-state index is 6.04. The third kappa shape index (κ3) is 2.45. The highest BCUT2D eigenvalue weighted by atomic mass is 15.3. The van der Waals surface area contributed by atoms with Gasteiger partial charge in [-0.15, -0.1) is 0 Å². The molecule has 0 spiro atoms. The van der Waals surface area contributed by atoms with Gasteiger partial charge in [0.2, 0.25) is 0 Å². The Labute approximate surface area is 119 Å². The summed E-state index contributed by atoms with van der Waals surface area (Å²) in [5.41, 5.74) is 9.52. The highest BCUT2D eigenvalue weighted by molar-refractivity contribution is 5.80. The topological polar surface area (TPSA) is 43.8 Å². The van der Waals surface area contributed by atoms with E-state index in [1.165, 1.54) is 5.56 Å². The Kier molecular flexibility index (Phi) is 3.52. The van der Waals surface area contributed by atoms with Gasteiger partial charge in [0.1, 0.15) is 0 Å². The van der Waals surface area contributed by atoms with Gasteiger partial charge >= 0.3 is 0 Å². The van der Waals surface area contributed by atoms with Gasteiger partial charge in [0.25, 0.3) is 0 Å². The van der Waals surface area contributed by atoms with Crippen LogP contribution in [-0.2, 0) is 6.42 Å². The summed E-state index contributed by atoms with van der Waals surface area (Å²) < 4.78 is 1.98. The van der Waals surface area contributed by atoms with Crippen LogP contribution in [0.25, 0.3) is 16.6 Å². The van der Waals surface area contributed by atoms with Gasteiger partial charge in [0.05, 0.1) is 17.4 Å². The number of para-hydroxylation sites is 1. The molecule has 1 unspecified atom stereocenters. The van der Waals surface area contributed by atoms with Crippen LogP contribution in [0.3, 0.4) is 0 Å². The van der Waals surface area contributed by atoms with Crippen molar-refractivity contribution in [3.63, 3.8) is 0 Å². The van der Waals surface area contributed by atoms with E-state index >= 15 is 0 Å². The monoisotopic (exact) mass is 265 g/mol. The Balaban J connectivity index is 2.00. The first kappa shape index (κ1) is 12.9. The lowest BCUT2D eigenvalue weighted by Crippen LogP contribution is -2.21. The molecule has 2 aromatic carbocycles. The van der Waals surface area contributed by atoms with E-state index in [1.807, 2.05) is 23.0 Å². The normalized spacial score (nSPS) is 12.7. The average molecular weight is 265 g/mol. The molecule has 0 radical (unpaired) electrons. The van der Waals surface area contributed by atoms with Crippen LogP contribution in [0.5, 0.6) is 0 Å². The van der Waals surface area contributed by atoms with Crippen molar-refractivity contribution in [3.8, 4) is 5.69 Å². The van der Waals surface area contributed by atoms with E-state index in [0.717, 1.165) is 29.4 Å². The minimum atomic E-state index is 0.222. The predicted molar refractivity (Wildman–Crippen MR) is 83.0 cm³/mol. The Morgan fingerprint density at radius 3 is 2.85 bits per heavy atom. The fraction of sp³-hybridized carbons (Fsp3) is 0.235. The van der Waals surface area contributed by atoms with Gasteiger partial charge in [-0.25, -0.2) is 4.68 Å². The molecule has 1 aromatic heterocycles. The molecule has 2 N–H and O–H groups in total. The number of hydrogen-bond donors (Lipinski definition) is 1. The zero-order valence-electron chi connectivity index (χ0n) is 11.7. The molecular weight excluding hydrogens is 246 g/mol. The number of benzene rings is 2. The summed E-state index contributed by atoms with van der Waals surface area (Å²) in [5.74, 6) is 0. The predicted octanol–water partition coefficient (Wildman–Crippen LogP) is 3.31. The van der Waals surface area contributed by atoms with E-state index in [4.69, 9.17) is 5.73 Å². The molecule has 0 aliphatic carbocycles. The van der Waals surface area contributed by atoms with E-state index < -0.39 is 0 Å². The second-order valence-corrected chi connectivity index (χ2v) is 5.16. The highest BCUT2D eigenvalue weighted by Crippen LogP contribution is 2.19. The van der Waals surface area contributed by atoms with Crippen LogP contribution in [-0.4, -0.2) is 15.8 Å². The Morgan fingerprint density at radius 2 is 2.00 bits per heavy atom. The van der Waals surface area contributed by atoms with Gasteiger partial charge in [0.15, 0.2) is 0 Å². The molecule has 0 fully saturated rings. The van der Waals surface area contributed by atoms with Crippen molar-refractivity contribution < 1.29 is 0 Å². The Bertz CT molecular complexity index is 715. The first-order valence-electron chi connectivity index (χ1n) is 7.05. The molecule has 3 heteroatoms. The first-order valence-corrected chi connectivity index (χ1v) is 7.05. The third-order valence-corrected chi connectivity index (χ3v) is 3.65. The fourth-order valence-electron chi connectivity index (χ4n) is 2.44. The summed E-state index contributed by atoms with van der Waals surface area (Å²) in [5, 5.41) is 5.65. The first-order chi connectivity index (χ1) is 9.78. The van der Waals surface area contributed by atoms with Crippen molar-refractivity contribution in [2.24, 2.45) is 5.73 Å². The lowest BCUT2D eigenvalue weighted by Gasteiger charge is -2.10. The van der Waals surface area contributed by atoms with E-state index in [-0.39, 0.29) is 6.04 Å². The molecule has 0 aliphatic heterocycles. The van der Waals surface area contributed by atoms with Gasteiger partial charge in [-0.1, -0.05) is 37.3 Å². The van der Waals surface area contributed by atoms with Crippen molar-refractivity contribution in [2.75, 3.05) is 0 Å². The molecule has 0 bridgehead atoms. The molecule has 0 saturated heterocycles. The third-order valence-electron chi connectivity index (χ3n) is 3.65. The van der Waals surface area contributed by atoms with E-state index in [0.29, 0.717) is 0 Å². The zero-order chi connectivity index (χ0) is 13.9. The van der Waals surface area contributed by atoms with Gasteiger partial charge < -0.3 is 5.73 Å². The minimum Gasteiger partial charge on any atom is -0.327 e. The van der Waals surface area contributed by atoms with Crippen LogP contribution in [0.1, 0.15) is 18.9 Å². The van der Waals surface area contributed by atoms with Crippen LogP contribution >= 0.6 is 0 Å². The highest BCUT2D eigenvalue weighted by Gasteiger charge is 2.06. The smallest absolute Gasteiger partial charge is 0.0741 e. The second-order valence-electron chi connectivity index (χ2n) is 5.16. The molecule has 3 aromatic rings. The fourth-order valence-corrected chi connectivity index (χ4v) is 2.44. The standard InChI is InChI=1S/C17H19N3/c1-2-15(18)10-13-6-5-8-16(11-13)20-17-9-4-3-7-14(17)12-19-20/h3-9,11-12,15H,2,10,18H2,1H3. The van der Waals surface area contributed by atoms with Crippen LogP contribution in [0.2, 0.25) is 0 Å². The van der Waals surface area contributed by atoms with Crippen LogP contribution in [0, 0.1) is 0 Å². The molecule has 0 amide bonds. The average Bonchev–Trinajstić information content (AvgIpc) is 2.91. The number of nitrogens with two attached hydrogens (primary N) is 1. The van der Waals surface area contributed by atoms with Crippen LogP contribution < -0.4 is 5.73 Å². The molecule has 0 aliphatic rings. The van der Waals surface area contributed by atoms with E-state index in [1.54, 1.807) is 0 Å². The van der Waals surface area contributed by atoms with Crippen molar-refractivity contribution >= 4 is 10.9 Å². The Hall–Kier alpha value is -2.13. The lowest BCUT2D eigenvalue weighted by atomic mass is 10.0. The number of rotatable bonds is 4. The number of aromatic nitrogens is 2. The summed E-state index contributed by atoms with van der Waals surface area (Å²) in [6.45, 7) is 2.12. The van der Waals surface area contributed by atoms with Gasteiger partial charge in [0, 0.05) is 11.4 Å². The minimum absolute atomic E-state index is 0.222. The number of hydrogen-bond acceptors (Lipinski definition) is 2. The zero-order valence-corrected chi connectivity index (χ0v) is 11.7. The van der Waals surface area contributed by atoms with Crippen molar-refractivity contribution in [2.45, 2.75) is 25.8 Å². The quantitative estimate of drug-likeness (QED) is 0.786. The maximum Gasteiger partial charge on any atom is 0.0741 e. The summed E-state index contributed by atoms with van der Waals surface area (Å²) in [6.07, 6.45) is 3.80. The van der Waals surface area contributed by atoms with Gasteiger partial charge in [-0.2, -0.15) is 5.10 Å². The SMILES string of the molecule is CCC(N)Cc1cccc(-n2ncc3ccccc32)c1. The van der Waals surface area contributed by atoms with E-state index in [2.05, 4.69) is 48.4 Å². The molecule has 20 heavy (non-hydrogen) atoms. The summed E-state index contributed by atoms with van der Waals surface area (Å²) >= 11 is 0. The molecule has 0 saturated carbocycles. The Morgan fingerprint density at radius 1 is 1.15 bits per heavy atom. The van der Waals surface area contributed by atoms with Crippen molar-refractivity contribution in [1.29, 1.82) is 0 Å². The number of nitrogens with zero attached hydrogens (tertiary/aromatic N) is 2. The molecule has 3 rings (SSSR count). The second kappa shape index (κ2) is 5.47. The summed E-state index contributed by atoms with van der Waals surface area (Å²) in [7, 11) is 0. The molecule has 3 nitrogen and oxygen atoms in total. The van der Waals surface area contributed by atoms with Crippen LogP contribution in [0.4, 0.5) is 0 Å². The van der Waals surface area contributed by atoms with E-state index in [9.17, 15) is 0 Å². The summed E-state index contributed by atoms with van der Waals surface area (Å²) in [6, 6.07) is 16.9. The summed E-state index contributed by atoms with van der Waals surface area (Å²) in [4.78, 5) is 0. The number of fused-ring (bicyclic) bond motifs is 1. The molecular formula is C17H19N3. The largest absolute Gasteiger partial charge is 0.327 e. The molecule has 1 atom stereocenters. The van der Waals surface area contributed by atoms with Crippen molar-refractivity contribution in [1.82, 2.24) is 9.78 Å². The maximum absolute atomic E-state index is 6.04. The lowest BCUT2D eigenvalue weighted by molar-refractivity contribution is 0.646. The molecule has 102 valence electrons. The van der Waals surface area contributed by atoms with Crippen molar-refractivity contribution in [3.05, 3.63) is 60.3 Å².